The van der Waals surface area contributed by atoms with Gasteiger partial charge in [-0.25, -0.2) is 0 Å². The molecule has 1 aliphatic carbocycles. The standard InChI is InChI=1S/C12H13NO/c1-10-3-2-4-12(9-10)14-11-5-7-13-8-6-11/h3,5-9H,2,4H2,1H3. The Kier molecular flexibility index (Phi) is 2.63. The van der Waals surface area contributed by atoms with Crippen LogP contribution in [0.15, 0.2) is 48.0 Å². The van der Waals surface area contributed by atoms with E-state index in [1.54, 1.807) is 12.4 Å². The Hall–Kier alpha value is -1.57. The van der Waals surface area contributed by atoms with Gasteiger partial charge < -0.3 is 4.74 Å². The Bertz CT molecular complexity index is 365. The molecule has 14 heavy (non-hydrogen) atoms. The fraction of sp³-hybridized carbons (Fsp3) is 0.250. The predicted octanol–water partition coefficient (Wildman–Crippen LogP) is 3.08. The summed E-state index contributed by atoms with van der Waals surface area (Å²) >= 11 is 0. The third kappa shape index (κ3) is 2.22. The lowest BCUT2D eigenvalue weighted by Crippen LogP contribution is -1.99. The summed E-state index contributed by atoms with van der Waals surface area (Å²) in [6, 6.07) is 3.74. The molecule has 0 fully saturated rings. The quantitative estimate of drug-likeness (QED) is 0.709. The van der Waals surface area contributed by atoms with Gasteiger partial charge in [0, 0.05) is 18.8 Å². The molecule has 0 saturated carbocycles. The summed E-state index contributed by atoms with van der Waals surface area (Å²) in [5.74, 6) is 1.90. The summed E-state index contributed by atoms with van der Waals surface area (Å²) < 4.78 is 5.71. The lowest BCUT2D eigenvalue weighted by molar-refractivity contribution is 0.401. The summed E-state index contributed by atoms with van der Waals surface area (Å²) in [6.07, 6.45) is 9.84. The van der Waals surface area contributed by atoms with Gasteiger partial charge in [0.25, 0.3) is 0 Å². The first-order valence-electron chi connectivity index (χ1n) is 4.80. The molecule has 1 aromatic heterocycles. The molecule has 0 aromatic carbocycles. The van der Waals surface area contributed by atoms with Gasteiger partial charge in [-0.3, -0.25) is 4.98 Å². The largest absolute Gasteiger partial charge is 0.462 e. The number of hydrogen-bond donors (Lipinski definition) is 0. The van der Waals surface area contributed by atoms with Crippen LogP contribution in [0.1, 0.15) is 19.8 Å². The Morgan fingerprint density at radius 3 is 2.79 bits per heavy atom. The lowest BCUT2D eigenvalue weighted by Gasteiger charge is -2.12. The number of ether oxygens (including phenoxy) is 1. The maximum atomic E-state index is 5.71. The van der Waals surface area contributed by atoms with E-state index in [1.165, 1.54) is 5.57 Å². The van der Waals surface area contributed by atoms with Crippen molar-refractivity contribution in [3.05, 3.63) is 48.0 Å². The molecule has 0 aliphatic heterocycles. The van der Waals surface area contributed by atoms with Gasteiger partial charge in [0.15, 0.2) is 0 Å². The number of allylic oxidation sites excluding steroid dienone is 4. The fourth-order valence-electron chi connectivity index (χ4n) is 1.47. The molecule has 1 aromatic rings. The van der Waals surface area contributed by atoms with Gasteiger partial charge in [-0.2, -0.15) is 0 Å². The Labute approximate surface area is 83.9 Å². The molecule has 0 radical (unpaired) electrons. The first-order valence-corrected chi connectivity index (χ1v) is 4.80. The van der Waals surface area contributed by atoms with Gasteiger partial charge in [0.2, 0.25) is 0 Å². The lowest BCUT2D eigenvalue weighted by atomic mass is 10.1. The van der Waals surface area contributed by atoms with E-state index < -0.39 is 0 Å². The molecule has 0 spiro atoms. The van der Waals surface area contributed by atoms with Crippen LogP contribution in [0.2, 0.25) is 0 Å². The zero-order valence-corrected chi connectivity index (χ0v) is 8.23. The van der Waals surface area contributed by atoms with Crippen molar-refractivity contribution in [2.75, 3.05) is 0 Å². The molecule has 2 nitrogen and oxygen atoms in total. The Morgan fingerprint density at radius 2 is 2.07 bits per heavy atom. The monoisotopic (exact) mass is 187 g/mol. The molecule has 0 atom stereocenters. The van der Waals surface area contributed by atoms with Crippen LogP contribution in [0.4, 0.5) is 0 Å². The highest BCUT2D eigenvalue weighted by Gasteiger charge is 2.04. The van der Waals surface area contributed by atoms with E-state index in [0.717, 1.165) is 24.4 Å². The van der Waals surface area contributed by atoms with Crippen molar-refractivity contribution in [2.24, 2.45) is 0 Å². The van der Waals surface area contributed by atoms with Crippen molar-refractivity contribution in [2.45, 2.75) is 19.8 Å². The van der Waals surface area contributed by atoms with Crippen LogP contribution >= 0.6 is 0 Å². The molecule has 0 unspecified atom stereocenters. The summed E-state index contributed by atoms with van der Waals surface area (Å²) in [4.78, 5) is 3.94. The molecule has 0 amide bonds. The van der Waals surface area contributed by atoms with Crippen LogP contribution in [0.3, 0.4) is 0 Å². The molecule has 0 bridgehead atoms. The first kappa shape index (κ1) is 9.00. The number of nitrogens with zero attached hydrogens (tertiary/aromatic N) is 1. The molecule has 72 valence electrons. The summed E-state index contributed by atoms with van der Waals surface area (Å²) in [7, 11) is 0. The van der Waals surface area contributed by atoms with E-state index in [2.05, 4.69) is 24.1 Å². The molecular weight excluding hydrogens is 174 g/mol. The molecule has 1 aliphatic rings. The number of aromatic nitrogens is 1. The maximum absolute atomic E-state index is 5.71. The average Bonchev–Trinajstić information content (AvgIpc) is 2.19. The van der Waals surface area contributed by atoms with Crippen LogP contribution in [-0.2, 0) is 0 Å². The second kappa shape index (κ2) is 4.09. The number of rotatable bonds is 2. The van der Waals surface area contributed by atoms with E-state index >= 15 is 0 Å². The second-order valence-electron chi connectivity index (χ2n) is 3.38. The van der Waals surface area contributed by atoms with Crippen molar-refractivity contribution < 1.29 is 4.74 Å². The summed E-state index contributed by atoms with van der Waals surface area (Å²) in [5.41, 5.74) is 1.28. The molecule has 2 rings (SSSR count). The highest BCUT2D eigenvalue weighted by molar-refractivity contribution is 5.27. The zero-order chi connectivity index (χ0) is 9.80. The highest BCUT2D eigenvalue weighted by Crippen LogP contribution is 2.20. The smallest absolute Gasteiger partial charge is 0.129 e. The van der Waals surface area contributed by atoms with Gasteiger partial charge in [0.1, 0.15) is 11.5 Å². The van der Waals surface area contributed by atoms with Crippen molar-refractivity contribution in [3.63, 3.8) is 0 Å². The Morgan fingerprint density at radius 1 is 1.29 bits per heavy atom. The number of pyridine rings is 1. The van der Waals surface area contributed by atoms with Crippen molar-refractivity contribution >= 4 is 0 Å². The normalized spacial score (nSPS) is 15.8. The molecule has 2 heteroatoms. The van der Waals surface area contributed by atoms with Crippen molar-refractivity contribution in [1.82, 2.24) is 4.98 Å². The second-order valence-corrected chi connectivity index (χ2v) is 3.38. The van der Waals surface area contributed by atoms with Crippen LogP contribution in [0.5, 0.6) is 5.75 Å². The average molecular weight is 187 g/mol. The minimum absolute atomic E-state index is 0.862. The molecule has 1 heterocycles. The van der Waals surface area contributed by atoms with E-state index in [4.69, 9.17) is 4.74 Å². The minimum atomic E-state index is 0.862. The van der Waals surface area contributed by atoms with Crippen LogP contribution in [0.25, 0.3) is 0 Å². The van der Waals surface area contributed by atoms with Crippen molar-refractivity contribution in [1.29, 1.82) is 0 Å². The first-order chi connectivity index (χ1) is 6.84. The van der Waals surface area contributed by atoms with Gasteiger partial charge in [-0.15, -0.1) is 0 Å². The van der Waals surface area contributed by atoms with Gasteiger partial charge >= 0.3 is 0 Å². The van der Waals surface area contributed by atoms with E-state index in [1.807, 2.05) is 12.1 Å². The van der Waals surface area contributed by atoms with Crippen LogP contribution < -0.4 is 4.74 Å². The zero-order valence-electron chi connectivity index (χ0n) is 8.23. The van der Waals surface area contributed by atoms with E-state index in [-0.39, 0.29) is 0 Å². The third-order valence-corrected chi connectivity index (χ3v) is 2.14. The van der Waals surface area contributed by atoms with E-state index in [9.17, 15) is 0 Å². The van der Waals surface area contributed by atoms with Gasteiger partial charge in [0.05, 0.1) is 0 Å². The van der Waals surface area contributed by atoms with E-state index in [0.29, 0.717) is 0 Å². The fourth-order valence-corrected chi connectivity index (χ4v) is 1.47. The third-order valence-electron chi connectivity index (χ3n) is 2.14. The summed E-state index contributed by atoms with van der Waals surface area (Å²) in [6.45, 7) is 2.09. The van der Waals surface area contributed by atoms with Crippen molar-refractivity contribution in [3.8, 4) is 5.75 Å². The molecule has 0 saturated heterocycles. The molecule has 0 N–H and O–H groups in total. The number of hydrogen-bond acceptors (Lipinski definition) is 2. The maximum Gasteiger partial charge on any atom is 0.129 e. The topological polar surface area (TPSA) is 22.1 Å². The molecular formula is C12H13NO. The SMILES string of the molecule is CC1=CCCC(Oc2ccncc2)=C1. The van der Waals surface area contributed by atoms with Crippen LogP contribution in [0, 0.1) is 0 Å². The van der Waals surface area contributed by atoms with Crippen LogP contribution in [-0.4, -0.2) is 4.98 Å². The minimum Gasteiger partial charge on any atom is -0.462 e. The van der Waals surface area contributed by atoms with Gasteiger partial charge in [-0.1, -0.05) is 11.6 Å². The Balaban J connectivity index is 2.09. The highest BCUT2D eigenvalue weighted by atomic mass is 16.5. The summed E-state index contributed by atoms with van der Waals surface area (Å²) in [5, 5.41) is 0. The predicted molar refractivity (Wildman–Crippen MR) is 55.9 cm³/mol. The van der Waals surface area contributed by atoms with Gasteiger partial charge in [-0.05, 0) is 31.6 Å².